The van der Waals surface area contributed by atoms with Crippen LogP contribution >= 0.6 is 0 Å². The minimum absolute atomic E-state index is 0.0700. The van der Waals surface area contributed by atoms with Gasteiger partial charge in [0.1, 0.15) is 0 Å². The summed E-state index contributed by atoms with van der Waals surface area (Å²) in [6, 6.07) is 29.2. The first-order valence-electron chi connectivity index (χ1n) is 11.7. The van der Waals surface area contributed by atoms with Crippen LogP contribution in [0, 0.1) is 0 Å². The predicted molar refractivity (Wildman–Crippen MR) is 137 cm³/mol. The smallest absolute Gasteiger partial charge is 0.0620 e. The maximum absolute atomic E-state index is 3.92. The second-order valence-electron chi connectivity index (χ2n) is 9.45. The molecule has 0 radical (unpaired) electrons. The maximum Gasteiger partial charge on any atom is 0.0620 e. The normalized spacial score (nSPS) is 12.4. The summed E-state index contributed by atoms with van der Waals surface area (Å²) in [6.45, 7) is 11.5. The Morgan fingerprint density at radius 3 is 1.90 bits per heavy atom. The molecule has 0 spiro atoms. The summed E-state index contributed by atoms with van der Waals surface area (Å²) in [4.78, 5) is 0. The van der Waals surface area contributed by atoms with E-state index in [2.05, 4.69) is 119 Å². The molecule has 0 aromatic heterocycles. The van der Waals surface area contributed by atoms with Gasteiger partial charge in [-0.3, -0.25) is 0 Å². The molecule has 0 amide bonds. The van der Waals surface area contributed by atoms with Crippen molar-refractivity contribution < 1.29 is 0 Å². The van der Waals surface area contributed by atoms with Crippen molar-refractivity contribution in [2.45, 2.75) is 64.8 Å². The highest BCUT2D eigenvalue weighted by Gasteiger charge is 2.29. The first-order valence-corrected chi connectivity index (χ1v) is 11.7. The summed E-state index contributed by atoms with van der Waals surface area (Å²) < 4.78 is 0. The summed E-state index contributed by atoms with van der Waals surface area (Å²) in [5.41, 5.74) is 4.11. The molecular formula is C30H35N. The number of hydrogen-bond donors (Lipinski definition) is 1. The van der Waals surface area contributed by atoms with E-state index in [1.54, 1.807) is 0 Å². The van der Waals surface area contributed by atoms with E-state index in [9.17, 15) is 0 Å². The summed E-state index contributed by atoms with van der Waals surface area (Å²) in [5.74, 6) is 0. The zero-order valence-corrected chi connectivity index (χ0v) is 19.6. The van der Waals surface area contributed by atoms with Gasteiger partial charge in [-0.15, -0.1) is 0 Å². The molecule has 0 saturated heterocycles. The van der Waals surface area contributed by atoms with Gasteiger partial charge in [0.05, 0.1) is 5.54 Å². The van der Waals surface area contributed by atoms with E-state index < -0.39 is 0 Å². The number of benzene rings is 4. The van der Waals surface area contributed by atoms with Gasteiger partial charge < -0.3 is 5.32 Å². The molecule has 4 rings (SSSR count). The van der Waals surface area contributed by atoms with Crippen LogP contribution in [0.1, 0.15) is 65.0 Å². The Morgan fingerprint density at radius 1 is 0.613 bits per heavy atom. The number of fused-ring (bicyclic) bond motifs is 3. The number of rotatable bonds is 7. The molecule has 0 fully saturated rings. The van der Waals surface area contributed by atoms with E-state index in [1.807, 2.05) is 0 Å². The molecule has 0 aliphatic heterocycles. The molecule has 0 aliphatic carbocycles. The molecule has 4 aromatic rings. The van der Waals surface area contributed by atoms with Gasteiger partial charge in [-0.25, -0.2) is 0 Å². The maximum atomic E-state index is 3.92. The van der Waals surface area contributed by atoms with Crippen LogP contribution in [-0.2, 0) is 11.0 Å². The zero-order valence-electron chi connectivity index (χ0n) is 19.6. The third-order valence-corrected chi connectivity index (χ3v) is 7.44. The van der Waals surface area contributed by atoms with E-state index in [1.165, 1.54) is 38.4 Å². The predicted octanol–water partition coefficient (Wildman–Crippen LogP) is 8.81. The number of anilines is 1. The number of hydrogen-bond acceptors (Lipinski definition) is 1. The van der Waals surface area contributed by atoms with E-state index >= 15 is 0 Å². The SMILES string of the molecule is CCC(C)(C)c1ccc(C(CC)(CC)Nc2ccc3c(ccc4ccccc43)c2)cc1. The first-order chi connectivity index (χ1) is 14.9. The van der Waals surface area contributed by atoms with Gasteiger partial charge in [0.2, 0.25) is 0 Å². The van der Waals surface area contributed by atoms with Gasteiger partial charge in [0.25, 0.3) is 0 Å². The van der Waals surface area contributed by atoms with Crippen LogP contribution in [0.5, 0.6) is 0 Å². The van der Waals surface area contributed by atoms with Crippen LogP contribution in [0.4, 0.5) is 5.69 Å². The van der Waals surface area contributed by atoms with Gasteiger partial charge >= 0.3 is 0 Å². The van der Waals surface area contributed by atoms with Crippen molar-refractivity contribution in [3.8, 4) is 0 Å². The minimum Gasteiger partial charge on any atom is -0.376 e. The van der Waals surface area contributed by atoms with Gasteiger partial charge in [-0.05, 0) is 69.5 Å². The average molecular weight is 410 g/mol. The quantitative estimate of drug-likeness (QED) is 0.301. The number of nitrogens with one attached hydrogen (secondary N) is 1. The average Bonchev–Trinajstić information content (AvgIpc) is 2.82. The van der Waals surface area contributed by atoms with Crippen LogP contribution in [0.3, 0.4) is 0 Å². The van der Waals surface area contributed by atoms with Crippen LogP contribution in [0.15, 0.2) is 78.9 Å². The first kappa shape index (κ1) is 21.4. The largest absolute Gasteiger partial charge is 0.376 e. The molecule has 1 nitrogen and oxygen atoms in total. The standard InChI is InChI=1S/C30H35N/c1-6-29(4,5)24-15-17-25(18-16-24)30(7-2,8-3)31-26-19-20-28-23(21-26)14-13-22-11-9-10-12-27(22)28/h9-21,31H,6-8H2,1-5H3. The van der Waals surface area contributed by atoms with Gasteiger partial charge in [0.15, 0.2) is 0 Å². The molecule has 0 bridgehead atoms. The summed E-state index contributed by atoms with van der Waals surface area (Å²) in [6.07, 6.45) is 3.22. The van der Waals surface area contributed by atoms with Crippen LogP contribution in [0.2, 0.25) is 0 Å². The van der Waals surface area contributed by atoms with E-state index in [0.717, 1.165) is 19.3 Å². The monoisotopic (exact) mass is 409 g/mol. The topological polar surface area (TPSA) is 12.0 Å². The fraction of sp³-hybridized carbons (Fsp3) is 0.333. The Kier molecular flexibility index (Phi) is 5.79. The van der Waals surface area contributed by atoms with Crippen LogP contribution in [-0.4, -0.2) is 0 Å². The fourth-order valence-electron chi connectivity index (χ4n) is 4.72. The van der Waals surface area contributed by atoms with Crippen molar-refractivity contribution >= 4 is 27.2 Å². The van der Waals surface area contributed by atoms with Gasteiger partial charge in [0, 0.05) is 5.69 Å². The lowest BCUT2D eigenvalue weighted by Crippen LogP contribution is -2.34. The zero-order chi connectivity index (χ0) is 22.1. The fourth-order valence-corrected chi connectivity index (χ4v) is 4.72. The third kappa shape index (κ3) is 3.94. The Hall–Kier alpha value is -2.80. The summed E-state index contributed by atoms with van der Waals surface area (Å²) >= 11 is 0. The summed E-state index contributed by atoms with van der Waals surface area (Å²) in [5, 5.41) is 9.13. The molecular weight excluding hydrogens is 374 g/mol. The van der Waals surface area contributed by atoms with Crippen molar-refractivity contribution in [3.05, 3.63) is 90.0 Å². The highest BCUT2D eigenvalue weighted by atomic mass is 15.0. The molecule has 0 unspecified atom stereocenters. The van der Waals surface area contributed by atoms with Crippen molar-refractivity contribution in [1.82, 2.24) is 0 Å². The molecule has 1 N–H and O–H groups in total. The molecule has 0 heterocycles. The Morgan fingerprint density at radius 2 is 1.23 bits per heavy atom. The van der Waals surface area contributed by atoms with E-state index in [-0.39, 0.29) is 11.0 Å². The lowest BCUT2D eigenvalue weighted by atomic mass is 9.79. The molecule has 1 heteroatoms. The molecule has 31 heavy (non-hydrogen) atoms. The van der Waals surface area contributed by atoms with Crippen LogP contribution < -0.4 is 5.32 Å². The van der Waals surface area contributed by atoms with E-state index in [0.29, 0.717) is 0 Å². The molecule has 4 aromatic carbocycles. The van der Waals surface area contributed by atoms with Crippen LogP contribution in [0.25, 0.3) is 21.5 Å². The van der Waals surface area contributed by atoms with Crippen molar-refractivity contribution in [2.75, 3.05) is 5.32 Å². The van der Waals surface area contributed by atoms with E-state index in [4.69, 9.17) is 0 Å². The Balaban J connectivity index is 1.70. The van der Waals surface area contributed by atoms with Crippen molar-refractivity contribution in [1.29, 1.82) is 0 Å². The molecule has 0 atom stereocenters. The lowest BCUT2D eigenvalue weighted by molar-refractivity contribution is 0.453. The van der Waals surface area contributed by atoms with Crippen molar-refractivity contribution in [3.63, 3.8) is 0 Å². The second-order valence-corrected chi connectivity index (χ2v) is 9.45. The van der Waals surface area contributed by atoms with Gasteiger partial charge in [-0.1, -0.05) is 101 Å². The highest BCUT2D eigenvalue weighted by molar-refractivity contribution is 6.08. The molecule has 0 saturated carbocycles. The summed E-state index contributed by atoms with van der Waals surface area (Å²) in [7, 11) is 0. The highest BCUT2D eigenvalue weighted by Crippen LogP contribution is 2.36. The van der Waals surface area contributed by atoms with Gasteiger partial charge in [-0.2, -0.15) is 0 Å². The molecule has 0 aliphatic rings. The second kappa shape index (κ2) is 8.38. The Labute approximate surface area is 187 Å². The Bertz CT molecular complexity index is 1180. The van der Waals surface area contributed by atoms with Crippen molar-refractivity contribution in [2.24, 2.45) is 0 Å². The lowest BCUT2D eigenvalue weighted by Gasteiger charge is -2.35. The third-order valence-electron chi connectivity index (χ3n) is 7.44. The minimum atomic E-state index is -0.0700. The molecule has 160 valence electrons.